The van der Waals surface area contributed by atoms with Crippen LogP contribution in [0.1, 0.15) is 40.0 Å². The van der Waals surface area contributed by atoms with Gasteiger partial charge < -0.3 is 15.2 Å². The molecule has 1 atom stereocenters. The number of carbonyl (C=O) groups excluding carboxylic acids is 1. The Morgan fingerprint density at radius 2 is 1.84 bits per heavy atom. The van der Waals surface area contributed by atoms with Crippen molar-refractivity contribution in [3.05, 3.63) is 0 Å². The van der Waals surface area contributed by atoms with Crippen LogP contribution >= 0.6 is 0 Å². The number of esters is 1. The summed E-state index contributed by atoms with van der Waals surface area (Å²) in [5.74, 6) is -0.358. The molecule has 1 unspecified atom stereocenters. The van der Waals surface area contributed by atoms with E-state index in [0.29, 0.717) is 19.1 Å². The highest BCUT2D eigenvalue weighted by molar-refractivity contribution is 5.79. The minimum atomic E-state index is -0.924. The Morgan fingerprint density at radius 1 is 1.26 bits per heavy atom. The van der Waals surface area contributed by atoms with Gasteiger partial charge in [-0.25, -0.2) is 0 Å². The molecule has 0 aliphatic carbocycles. The van der Waals surface area contributed by atoms with Crippen LogP contribution < -0.4 is 5.73 Å². The van der Waals surface area contributed by atoms with Crippen molar-refractivity contribution in [2.24, 2.45) is 5.73 Å². The maximum Gasteiger partial charge on any atom is 0.325 e. The number of ether oxygens (including phenoxy) is 2. The molecule has 19 heavy (non-hydrogen) atoms. The minimum Gasteiger partial charge on any atom is -0.468 e. The molecule has 2 N–H and O–H groups in total. The van der Waals surface area contributed by atoms with Gasteiger partial charge in [-0.15, -0.1) is 0 Å². The first-order valence-electron chi connectivity index (χ1n) is 7.03. The Kier molecular flexibility index (Phi) is 8.97. The number of rotatable bonds is 10. The molecule has 0 saturated heterocycles. The summed E-state index contributed by atoms with van der Waals surface area (Å²) in [4.78, 5) is 13.9. The predicted octanol–water partition coefficient (Wildman–Crippen LogP) is 1.40. The van der Waals surface area contributed by atoms with E-state index < -0.39 is 5.54 Å². The Hall–Kier alpha value is -0.650. The van der Waals surface area contributed by atoms with Crippen molar-refractivity contribution in [3.63, 3.8) is 0 Å². The molecule has 0 radical (unpaired) electrons. The Labute approximate surface area is 117 Å². The molecule has 0 bridgehead atoms. The van der Waals surface area contributed by atoms with Crippen LogP contribution in [-0.4, -0.2) is 56.4 Å². The summed E-state index contributed by atoms with van der Waals surface area (Å²) in [6.45, 7) is 8.40. The van der Waals surface area contributed by atoms with Gasteiger partial charge in [0.2, 0.25) is 0 Å². The molecule has 0 fully saturated rings. The highest BCUT2D eigenvalue weighted by Gasteiger charge is 2.30. The summed E-state index contributed by atoms with van der Waals surface area (Å²) >= 11 is 0. The Morgan fingerprint density at radius 3 is 2.26 bits per heavy atom. The second-order valence-corrected chi connectivity index (χ2v) is 5.16. The molecular formula is C14H30N2O3. The normalized spacial score (nSPS) is 14.7. The van der Waals surface area contributed by atoms with E-state index in [9.17, 15) is 4.79 Å². The molecule has 0 aliphatic rings. The SMILES string of the molecule is CCC(CC)N(CCOC)CCC(C)(N)C(=O)OC. The fraction of sp³-hybridized carbons (Fsp3) is 0.929. The lowest BCUT2D eigenvalue weighted by Crippen LogP contribution is -2.49. The summed E-state index contributed by atoms with van der Waals surface area (Å²) in [5.41, 5.74) is 5.07. The van der Waals surface area contributed by atoms with Crippen LogP contribution in [0.3, 0.4) is 0 Å². The van der Waals surface area contributed by atoms with Gasteiger partial charge in [-0.3, -0.25) is 9.69 Å². The van der Waals surface area contributed by atoms with Gasteiger partial charge in [0.05, 0.1) is 13.7 Å². The first-order chi connectivity index (χ1) is 8.92. The highest BCUT2D eigenvalue weighted by atomic mass is 16.5. The topological polar surface area (TPSA) is 64.8 Å². The van der Waals surface area contributed by atoms with E-state index in [2.05, 4.69) is 18.7 Å². The van der Waals surface area contributed by atoms with Crippen molar-refractivity contribution < 1.29 is 14.3 Å². The van der Waals surface area contributed by atoms with Crippen molar-refractivity contribution in [2.45, 2.75) is 51.6 Å². The van der Waals surface area contributed by atoms with Gasteiger partial charge in [-0.2, -0.15) is 0 Å². The van der Waals surface area contributed by atoms with E-state index in [0.717, 1.165) is 25.9 Å². The number of carbonyl (C=O) groups is 1. The predicted molar refractivity (Wildman–Crippen MR) is 77.0 cm³/mol. The lowest BCUT2D eigenvalue weighted by molar-refractivity contribution is -0.146. The zero-order valence-electron chi connectivity index (χ0n) is 13.1. The zero-order chi connectivity index (χ0) is 14.9. The minimum absolute atomic E-state index is 0.358. The fourth-order valence-corrected chi connectivity index (χ4v) is 2.20. The number of methoxy groups -OCH3 is 2. The Balaban J connectivity index is 4.51. The number of hydrogen-bond acceptors (Lipinski definition) is 5. The van der Waals surface area contributed by atoms with Crippen LogP contribution in [0, 0.1) is 0 Å². The molecule has 0 rings (SSSR count). The molecule has 0 heterocycles. The van der Waals surface area contributed by atoms with Gasteiger partial charge in [0.1, 0.15) is 5.54 Å². The first kappa shape index (κ1) is 18.4. The monoisotopic (exact) mass is 274 g/mol. The smallest absolute Gasteiger partial charge is 0.325 e. The molecule has 0 amide bonds. The van der Waals surface area contributed by atoms with Gasteiger partial charge in [0, 0.05) is 26.2 Å². The van der Waals surface area contributed by atoms with Crippen molar-refractivity contribution in [3.8, 4) is 0 Å². The standard InChI is InChI=1S/C14H30N2O3/c1-6-12(7-2)16(10-11-18-4)9-8-14(3,15)13(17)19-5/h12H,6-11,15H2,1-5H3. The molecule has 0 spiro atoms. The molecule has 0 aromatic heterocycles. The largest absolute Gasteiger partial charge is 0.468 e. The van der Waals surface area contributed by atoms with Crippen molar-refractivity contribution >= 4 is 5.97 Å². The number of nitrogens with zero attached hydrogens (tertiary/aromatic N) is 1. The molecule has 0 aromatic carbocycles. The average Bonchev–Trinajstić information content (AvgIpc) is 2.41. The van der Waals surface area contributed by atoms with Crippen molar-refractivity contribution in [1.29, 1.82) is 0 Å². The summed E-state index contributed by atoms with van der Waals surface area (Å²) < 4.78 is 9.88. The lowest BCUT2D eigenvalue weighted by Gasteiger charge is -2.32. The van der Waals surface area contributed by atoms with Gasteiger partial charge in [0.25, 0.3) is 0 Å². The zero-order valence-corrected chi connectivity index (χ0v) is 13.1. The van der Waals surface area contributed by atoms with Gasteiger partial charge in [-0.1, -0.05) is 13.8 Å². The third-order valence-corrected chi connectivity index (χ3v) is 3.61. The van der Waals surface area contributed by atoms with Gasteiger partial charge in [-0.05, 0) is 26.2 Å². The highest BCUT2D eigenvalue weighted by Crippen LogP contribution is 2.14. The molecule has 0 aliphatic heterocycles. The van der Waals surface area contributed by atoms with Crippen LogP contribution in [0.2, 0.25) is 0 Å². The van der Waals surface area contributed by atoms with Crippen LogP contribution in [0.25, 0.3) is 0 Å². The van der Waals surface area contributed by atoms with E-state index in [1.165, 1.54) is 7.11 Å². The quantitative estimate of drug-likeness (QED) is 0.610. The Bertz CT molecular complexity index is 253. The number of hydrogen-bond donors (Lipinski definition) is 1. The summed E-state index contributed by atoms with van der Waals surface area (Å²) in [7, 11) is 3.07. The van der Waals surface area contributed by atoms with Crippen LogP contribution in [0.4, 0.5) is 0 Å². The summed E-state index contributed by atoms with van der Waals surface area (Å²) in [5, 5.41) is 0. The summed E-state index contributed by atoms with van der Waals surface area (Å²) in [6, 6.07) is 0.503. The van der Waals surface area contributed by atoms with Gasteiger partial charge >= 0.3 is 5.97 Å². The average molecular weight is 274 g/mol. The molecule has 0 aromatic rings. The molecular weight excluding hydrogens is 244 g/mol. The number of nitrogens with two attached hydrogens (primary N) is 1. The van der Waals surface area contributed by atoms with Crippen LogP contribution in [0.5, 0.6) is 0 Å². The summed E-state index contributed by atoms with van der Waals surface area (Å²) in [6.07, 6.45) is 2.75. The molecule has 114 valence electrons. The van der Waals surface area contributed by atoms with E-state index >= 15 is 0 Å². The molecule has 5 nitrogen and oxygen atoms in total. The second kappa shape index (κ2) is 9.28. The van der Waals surface area contributed by atoms with E-state index in [-0.39, 0.29) is 5.97 Å². The van der Waals surface area contributed by atoms with Crippen molar-refractivity contribution in [2.75, 3.05) is 33.9 Å². The van der Waals surface area contributed by atoms with E-state index in [4.69, 9.17) is 15.2 Å². The van der Waals surface area contributed by atoms with Gasteiger partial charge in [0.15, 0.2) is 0 Å². The first-order valence-corrected chi connectivity index (χ1v) is 7.03. The second-order valence-electron chi connectivity index (χ2n) is 5.16. The maximum atomic E-state index is 11.6. The van der Waals surface area contributed by atoms with Crippen LogP contribution in [0.15, 0.2) is 0 Å². The van der Waals surface area contributed by atoms with Crippen molar-refractivity contribution in [1.82, 2.24) is 4.90 Å². The molecule has 0 saturated carbocycles. The third kappa shape index (κ3) is 6.36. The van der Waals surface area contributed by atoms with E-state index in [1.807, 2.05) is 0 Å². The third-order valence-electron chi connectivity index (χ3n) is 3.61. The van der Waals surface area contributed by atoms with Crippen LogP contribution in [-0.2, 0) is 14.3 Å². The fourth-order valence-electron chi connectivity index (χ4n) is 2.20. The maximum absolute atomic E-state index is 11.6. The lowest BCUT2D eigenvalue weighted by atomic mass is 9.98. The molecule has 5 heteroatoms. The van der Waals surface area contributed by atoms with E-state index in [1.54, 1.807) is 14.0 Å².